The Hall–Kier alpha value is -0.570. The molecule has 98 valence electrons. The highest BCUT2D eigenvalue weighted by molar-refractivity contribution is 5.82. The summed E-state index contributed by atoms with van der Waals surface area (Å²) in [5, 5.41) is 3.39. The van der Waals surface area contributed by atoms with E-state index in [1.54, 1.807) is 0 Å². The lowest BCUT2D eigenvalue weighted by atomic mass is 9.98. The first-order valence-electron chi connectivity index (χ1n) is 7.11. The smallest absolute Gasteiger partial charge is 0.239 e. The number of carbonyl (C=O) groups is 1. The molecular formula is C14H26N2O. The van der Waals surface area contributed by atoms with Gasteiger partial charge in [0.05, 0.1) is 6.04 Å². The first-order valence-corrected chi connectivity index (χ1v) is 7.11. The average molecular weight is 238 g/mol. The number of rotatable bonds is 5. The Kier molecular flexibility index (Phi) is 3.76. The molecule has 1 aliphatic carbocycles. The molecule has 0 bridgehead atoms. The van der Waals surface area contributed by atoms with E-state index in [-0.39, 0.29) is 6.04 Å². The second kappa shape index (κ2) is 4.97. The van der Waals surface area contributed by atoms with Crippen LogP contribution in [0, 0.1) is 5.41 Å². The number of likely N-dealkylation sites (tertiary alicyclic amines) is 1. The van der Waals surface area contributed by atoms with E-state index in [2.05, 4.69) is 31.0 Å². The Morgan fingerprint density at radius 1 is 1.47 bits per heavy atom. The molecule has 1 amide bonds. The molecule has 1 atom stereocenters. The van der Waals surface area contributed by atoms with Gasteiger partial charge in [-0.15, -0.1) is 0 Å². The highest BCUT2D eigenvalue weighted by atomic mass is 16.2. The third-order valence-corrected chi connectivity index (χ3v) is 4.30. The maximum Gasteiger partial charge on any atom is 0.239 e. The van der Waals surface area contributed by atoms with Crippen LogP contribution >= 0.6 is 0 Å². The molecule has 1 saturated carbocycles. The Morgan fingerprint density at radius 3 is 2.71 bits per heavy atom. The van der Waals surface area contributed by atoms with E-state index in [1.807, 2.05) is 0 Å². The van der Waals surface area contributed by atoms with Gasteiger partial charge in [-0.05, 0) is 37.5 Å². The third-order valence-electron chi connectivity index (χ3n) is 4.30. The molecule has 2 fully saturated rings. The van der Waals surface area contributed by atoms with Crippen LogP contribution in [-0.4, -0.2) is 36.0 Å². The van der Waals surface area contributed by atoms with Crippen molar-refractivity contribution in [2.45, 2.75) is 65.0 Å². The number of nitrogens with zero attached hydrogens (tertiary/aromatic N) is 1. The van der Waals surface area contributed by atoms with Crippen molar-refractivity contribution in [3.63, 3.8) is 0 Å². The Balaban J connectivity index is 1.92. The van der Waals surface area contributed by atoms with Crippen molar-refractivity contribution >= 4 is 5.91 Å². The molecule has 0 aromatic carbocycles. The van der Waals surface area contributed by atoms with Gasteiger partial charge in [0.15, 0.2) is 0 Å². The lowest BCUT2D eigenvalue weighted by Gasteiger charge is -2.35. The zero-order valence-electron chi connectivity index (χ0n) is 11.5. The fraction of sp³-hybridized carbons (Fsp3) is 0.929. The van der Waals surface area contributed by atoms with Gasteiger partial charge < -0.3 is 10.2 Å². The molecule has 2 rings (SSSR count). The number of carbonyl (C=O) groups excluding carboxylic acids is 1. The molecule has 1 N–H and O–H groups in total. The summed E-state index contributed by atoms with van der Waals surface area (Å²) in [6.45, 7) is 8.45. The molecule has 17 heavy (non-hydrogen) atoms. The van der Waals surface area contributed by atoms with Gasteiger partial charge in [-0.25, -0.2) is 0 Å². The Labute approximate surface area is 105 Å². The standard InChI is InChI=1S/C14H26N2O/c1-4-14(7-8-14)10-16-9-5-6-12(13(16)17)15-11(2)3/h11-12,15H,4-10H2,1-3H3. The summed E-state index contributed by atoms with van der Waals surface area (Å²) in [7, 11) is 0. The monoisotopic (exact) mass is 238 g/mol. The highest BCUT2D eigenvalue weighted by Crippen LogP contribution is 2.49. The van der Waals surface area contributed by atoms with E-state index in [9.17, 15) is 4.79 Å². The van der Waals surface area contributed by atoms with Crippen LogP contribution in [0.1, 0.15) is 52.9 Å². The summed E-state index contributed by atoms with van der Waals surface area (Å²) in [4.78, 5) is 14.5. The Morgan fingerprint density at radius 2 is 2.18 bits per heavy atom. The fourth-order valence-electron chi connectivity index (χ4n) is 2.86. The van der Waals surface area contributed by atoms with Crippen LogP contribution in [0.5, 0.6) is 0 Å². The van der Waals surface area contributed by atoms with E-state index in [0.29, 0.717) is 17.4 Å². The predicted molar refractivity (Wildman–Crippen MR) is 69.8 cm³/mol. The van der Waals surface area contributed by atoms with Gasteiger partial charge in [0.25, 0.3) is 0 Å². The zero-order chi connectivity index (χ0) is 12.5. The van der Waals surface area contributed by atoms with Crippen molar-refractivity contribution in [1.29, 1.82) is 0 Å². The first-order chi connectivity index (χ1) is 8.06. The third kappa shape index (κ3) is 3.01. The highest BCUT2D eigenvalue weighted by Gasteiger charge is 2.44. The van der Waals surface area contributed by atoms with E-state index in [4.69, 9.17) is 0 Å². The number of hydrogen-bond acceptors (Lipinski definition) is 2. The van der Waals surface area contributed by atoms with Crippen molar-refractivity contribution in [3.8, 4) is 0 Å². The lowest BCUT2D eigenvalue weighted by Crippen LogP contribution is -2.53. The Bertz CT molecular complexity index is 284. The van der Waals surface area contributed by atoms with Gasteiger partial charge in [0.2, 0.25) is 5.91 Å². The molecule has 0 spiro atoms. The topological polar surface area (TPSA) is 32.3 Å². The molecule has 0 aromatic rings. The van der Waals surface area contributed by atoms with Crippen molar-refractivity contribution < 1.29 is 4.79 Å². The number of nitrogens with one attached hydrogen (secondary N) is 1. The van der Waals surface area contributed by atoms with E-state index in [0.717, 1.165) is 25.9 Å². The minimum atomic E-state index is 0.0661. The molecular weight excluding hydrogens is 212 g/mol. The van der Waals surface area contributed by atoms with Gasteiger partial charge in [0, 0.05) is 19.1 Å². The minimum absolute atomic E-state index is 0.0661. The molecule has 1 aliphatic heterocycles. The van der Waals surface area contributed by atoms with Crippen molar-refractivity contribution in [1.82, 2.24) is 10.2 Å². The molecule has 0 aromatic heterocycles. The maximum absolute atomic E-state index is 12.3. The summed E-state index contributed by atoms with van der Waals surface area (Å²) in [6.07, 6.45) is 6.01. The van der Waals surface area contributed by atoms with Gasteiger partial charge in [-0.1, -0.05) is 20.8 Å². The van der Waals surface area contributed by atoms with Gasteiger partial charge in [-0.2, -0.15) is 0 Å². The fourth-order valence-corrected chi connectivity index (χ4v) is 2.86. The van der Waals surface area contributed by atoms with Crippen molar-refractivity contribution in [2.24, 2.45) is 5.41 Å². The van der Waals surface area contributed by atoms with Crippen LogP contribution in [0.2, 0.25) is 0 Å². The number of amides is 1. The summed E-state index contributed by atoms with van der Waals surface area (Å²) in [5.74, 6) is 0.338. The van der Waals surface area contributed by atoms with Crippen LogP contribution in [0.15, 0.2) is 0 Å². The van der Waals surface area contributed by atoms with E-state index in [1.165, 1.54) is 19.3 Å². The molecule has 0 radical (unpaired) electrons. The molecule has 1 unspecified atom stereocenters. The van der Waals surface area contributed by atoms with Crippen LogP contribution in [-0.2, 0) is 4.79 Å². The molecule has 1 heterocycles. The minimum Gasteiger partial charge on any atom is -0.341 e. The predicted octanol–water partition coefficient (Wildman–Crippen LogP) is 2.17. The molecule has 2 aliphatic rings. The largest absolute Gasteiger partial charge is 0.341 e. The number of piperidine rings is 1. The summed E-state index contributed by atoms with van der Waals surface area (Å²) >= 11 is 0. The van der Waals surface area contributed by atoms with Gasteiger partial charge >= 0.3 is 0 Å². The summed E-state index contributed by atoms with van der Waals surface area (Å²) in [6, 6.07) is 0.460. The van der Waals surface area contributed by atoms with Crippen LogP contribution in [0.4, 0.5) is 0 Å². The zero-order valence-corrected chi connectivity index (χ0v) is 11.5. The second-order valence-electron chi connectivity index (χ2n) is 6.13. The van der Waals surface area contributed by atoms with E-state index < -0.39 is 0 Å². The first kappa shape index (κ1) is 12.9. The van der Waals surface area contributed by atoms with E-state index >= 15 is 0 Å². The molecule has 3 nitrogen and oxygen atoms in total. The normalized spacial score (nSPS) is 27.6. The van der Waals surface area contributed by atoms with Crippen molar-refractivity contribution in [3.05, 3.63) is 0 Å². The average Bonchev–Trinajstić information content (AvgIpc) is 3.04. The quantitative estimate of drug-likeness (QED) is 0.796. The second-order valence-corrected chi connectivity index (χ2v) is 6.13. The maximum atomic E-state index is 12.3. The number of hydrogen-bond donors (Lipinski definition) is 1. The van der Waals surface area contributed by atoms with Gasteiger partial charge in [0.1, 0.15) is 0 Å². The van der Waals surface area contributed by atoms with Crippen molar-refractivity contribution in [2.75, 3.05) is 13.1 Å². The van der Waals surface area contributed by atoms with Crippen LogP contribution in [0.25, 0.3) is 0 Å². The lowest BCUT2D eigenvalue weighted by molar-refractivity contribution is -0.137. The van der Waals surface area contributed by atoms with Crippen LogP contribution < -0.4 is 5.32 Å². The SMILES string of the molecule is CCC1(CN2CCCC(NC(C)C)C2=O)CC1. The summed E-state index contributed by atoms with van der Waals surface area (Å²) < 4.78 is 0. The molecule has 3 heteroatoms. The van der Waals surface area contributed by atoms with Crippen LogP contribution in [0.3, 0.4) is 0 Å². The van der Waals surface area contributed by atoms with Gasteiger partial charge in [-0.3, -0.25) is 4.79 Å². The summed E-state index contributed by atoms with van der Waals surface area (Å²) in [5.41, 5.74) is 0.482. The molecule has 1 saturated heterocycles.